The summed E-state index contributed by atoms with van der Waals surface area (Å²) in [4.78, 5) is 0. The maximum atomic E-state index is 7.67. The van der Waals surface area contributed by atoms with Crippen molar-refractivity contribution < 1.29 is 8.83 Å². The minimum Gasteiger partial charge on any atom is -0.461 e. The summed E-state index contributed by atoms with van der Waals surface area (Å²) in [5.74, 6) is 1.44. The Bertz CT molecular complexity index is 1050. The molecule has 2 heterocycles. The van der Waals surface area contributed by atoms with Gasteiger partial charge in [0.15, 0.2) is 0 Å². The van der Waals surface area contributed by atoms with Crippen LogP contribution < -0.4 is 11.5 Å². The van der Waals surface area contributed by atoms with Crippen molar-refractivity contribution in [1.82, 2.24) is 0 Å². The van der Waals surface area contributed by atoms with Gasteiger partial charge < -0.3 is 20.3 Å². The summed E-state index contributed by atoms with van der Waals surface area (Å²) in [6, 6.07) is 14.7. The summed E-state index contributed by atoms with van der Waals surface area (Å²) in [6.07, 6.45) is 0.456. The zero-order chi connectivity index (χ0) is 17.6. The molecule has 124 valence electrons. The molecule has 0 unspecified atom stereocenters. The number of benzene rings is 2. The minimum absolute atomic E-state index is 0.00721. The standard InChI is InChI=1S/C19H16N4O2/c20-18(21)12-3-1-5-16-14(12)8-10(24-16)7-11-9-15-13(19(22)23)4-2-6-17(15)25-11/h1-6,8-9H,7H2,(H3,20,21)(H3,22,23). The van der Waals surface area contributed by atoms with E-state index < -0.39 is 0 Å². The molecule has 0 amide bonds. The van der Waals surface area contributed by atoms with Crippen molar-refractivity contribution in [1.29, 1.82) is 10.8 Å². The normalized spacial score (nSPS) is 11.2. The van der Waals surface area contributed by atoms with Crippen LogP contribution in [0.1, 0.15) is 22.6 Å². The summed E-state index contributed by atoms with van der Waals surface area (Å²) < 4.78 is 11.7. The number of fused-ring (bicyclic) bond motifs is 2. The molecule has 4 aromatic rings. The molecular formula is C19H16N4O2. The Kier molecular flexibility index (Phi) is 3.32. The number of nitrogen functional groups attached to an aromatic ring is 2. The van der Waals surface area contributed by atoms with Crippen molar-refractivity contribution in [3.05, 3.63) is 71.2 Å². The first-order chi connectivity index (χ1) is 12.0. The molecule has 0 atom stereocenters. The molecule has 0 saturated carbocycles. The van der Waals surface area contributed by atoms with Gasteiger partial charge in [-0.2, -0.15) is 0 Å². The van der Waals surface area contributed by atoms with Crippen LogP contribution in [0.25, 0.3) is 21.9 Å². The summed E-state index contributed by atoms with van der Waals surface area (Å²) in [7, 11) is 0. The van der Waals surface area contributed by atoms with E-state index in [1.807, 2.05) is 36.4 Å². The van der Waals surface area contributed by atoms with Crippen LogP contribution in [-0.4, -0.2) is 11.7 Å². The van der Waals surface area contributed by atoms with E-state index in [0.29, 0.717) is 40.2 Å². The molecule has 2 aromatic heterocycles. The van der Waals surface area contributed by atoms with E-state index >= 15 is 0 Å². The van der Waals surface area contributed by atoms with Gasteiger partial charge in [0.25, 0.3) is 0 Å². The largest absolute Gasteiger partial charge is 0.461 e. The third-order valence-corrected chi connectivity index (χ3v) is 4.15. The van der Waals surface area contributed by atoms with Gasteiger partial charge in [-0.1, -0.05) is 24.3 Å². The Morgan fingerprint density at radius 2 is 1.20 bits per heavy atom. The highest BCUT2D eigenvalue weighted by molar-refractivity contribution is 6.07. The summed E-state index contributed by atoms with van der Waals surface area (Å²) in [5.41, 5.74) is 13.9. The Hall–Kier alpha value is -3.54. The van der Waals surface area contributed by atoms with Crippen molar-refractivity contribution in [3.8, 4) is 0 Å². The van der Waals surface area contributed by atoms with E-state index in [0.717, 1.165) is 10.8 Å². The molecule has 2 aromatic carbocycles. The van der Waals surface area contributed by atoms with Crippen LogP contribution in [-0.2, 0) is 6.42 Å². The van der Waals surface area contributed by atoms with Gasteiger partial charge in [-0.15, -0.1) is 0 Å². The third-order valence-electron chi connectivity index (χ3n) is 4.15. The van der Waals surface area contributed by atoms with Crippen LogP contribution in [0.5, 0.6) is 0 Å². The minimum atomic E-state index is 0.00721. The third kappa shape index (κ3) is 2.53. The van der Waals surface area contributed by atoms with E-state index in [1.165, 1.54) is 0 Å². The lowest BCUT2D eigenvalue weighted by Crippen LogP contribution is -2.10. The maximum absolute atomic E-state index is 7.67. The van der Waals surface area contributed by atoms with Gasteiger partial charge in [0, 0.05) is 21.9 Å². The highest BCUT2D eigenvalue weighted by Gasteiger charge is 2.14. The van der Waals surface area contributed by atoms with Crippen molar-refractivity contribution in [2.45, 2.75) is 6.42 Å². The van der Waals surface area contributed by atoms with Gasteiger partial charge in [-0.25, -0.2) is 0 Å². The molecule has 6 N–H and O–H groups in total. The first kappa shape index (κ1) is 15.0. The van der Waals surface area contributed by atoms with Gasteiger partial charge in [0.2, 0.25) is 0 Å². The zero-order valence-electron chi connectivity index (χ0n) is 13.3. The lowest BCUT2D eigenvalue weighted by atomic mass is 10.1. The average molecular weight is 332 g/mol. The van der Waals surface area contributed by atoms with Gasteiger partial charge in [0.1, 0.15) is 34.4 Å². The van der Waals surface area contributed by atoms with Gasteiger partial charge in [0.05, 0.1) is 6.42 Å². The summed E-state index contributed by atoms with van der Waals surface area (Å²) in [6.45, 7) is 0. The summed E-state index contributed by atoms with van der Waals surface area (Å²) >= 11 is 0. The number of hydrogen-bond donors (Lipinski definition) is 4. The second-order valence-electron chi connectivity index (χ2n) is 5.86. The molecule has 0 aliphatic heterocycles. The molecular weight excluding hydrogens is 316 g/mol. The second-order valence-corrected chi connectivity index (χ2v) is 5.86. The molecule has 0 saturated heterocycles. The van der Waals surface area contributed by atoms with Gasteiger partial charge in [-0.05, 0) is 24.3 Å². The molecule has 0 spiro atoms. The van der Waals surface area contributed by atoms with E-state index in [2.05, 4.69) is 0 Å². The summed E-state index contributed by atoms with van der Waals surface area (Å²) in [5, 5.41) is 17.0. The van der Waals surface area contributed by atoms with Crippen molar-refractivity contribution >= 4 is 33.6 Å². The molecule has 4 rings (SSSR count). The quantitative estimate of drug-likeness (QED) is 0.338. The molecule has 25 heavy (non-hydrogen) atoms. The Balaban J connectivity index is 1.75. The van der Waals surface area contributed by atoms with Crippen molar-refractivity contribution in [2.24, 2.45) is 11.5 Å². The highest BCUT2D eigenvalue weighted by atomic mass is 16.4. The van der Waals surface area contributed by atoms with Gasteiger partial charge >= 0.3 is 0 Å². The smallest absolute Gasteiger partial charge is 0.135 e. The van der Waals surface area contributed by atoms with Crippen LogP contribution >= 0.6 is 0 Å². The molecule has 6 heteroatoms. The van der Waals surface area contributed by atoms with Crippen LogP contribution in [0.15, 0.2) is 57.4 Å². The van der Waals surface area contributed by atoms with E-state index in [-0.39, 0.29) is 11.7 Å². The second kappa shape index (κ2) is 5.52. The maximum Gasteiger partial charge on any atom is 0.135 e. The number of furan rings is 2. The average Bonchev–Trinajstić information content (AvgIpc) is 3.16. The Morgan fingerprint density at radius 1 is 0.760 bits per heavy atom. The predicted octanol–water partition coefficient (Wildman–Crippen LogP) is 3.34. The van der Waals surface area contributed by atoms with Gasteiger partial charge in [-0.3, -0.25) is 10.8 Å². The first-order valence-corrected chi connectivity index (χ1v) is 7.74. The monoisotopic (exact) mass is 332 g/mol. The number of amidine groups is 2. The first-order valence-electron chi connectivity index (χ1n) is 7.74. The Morgan fingerprint density at radius 3 is 1.60 bits per heavy atom. The van der Waals surface area contributed by atoms with Crippen LogP contribution in [0.4, 0.5) is 0 Å². The molecule has 6 nitrogen and oxygen atoms in total. The van der Waals surface area contributed by atoms with Crippen LogP contribution in [0.2, 0.25) is 0 Å². The topological polar surface area (TPSA) is 126 Å². The molecule has 0 radical (unpaired) electrons. The molecule has 0 aliphatic rings. The van der Waals surface area contributed by atoms with Crippen LogP contribution in [0, 0.1) is 10.8 Å². The van der Waals surface area contributed by atoms with E-state index in [4.69, 9.17) is 31.1 Å². The number of hydrogen-bond acceptors (Lipinski definition) is 4. The fraction of sp³-hybridized carbons (Fsp3) is 0.0526. The number of nitrogens with two attached hydrogens (primary N) is 2. The molecule has 0 fully saturated rings. The van der Waals surface area contributed by atoms with Crippen LogP contribution in [0.3, 0.4) is 0 Å². The zero-order valence-corrected chi connectivity index (χ0v) is 13.3. The SMILES string of the molecule is N=C(N)c1cccc2oc(Cc3cc4c(C(=N)N)cccc4o3)cc12. The molecule has 0 aliphatic carbocycles. The van der Waals surface area contributed by atoms with Crippen molar-refractivity contribution in [2.75, 3.05) is 0 Å². The molecule has 0 bridgehead atoms. The highest BCUT2D eigenvalue weighted by Crippen LogP contribution is 2.28. The Labute approximate surface area is 143 Å². The lowest BCUT2D eigenvalue weighted by Gasteiger charge is -1.97. The van der Waals surface area contributed by atoms with E-state index in [9.17, 15) is 0 Å². The number of rotatable bonds is 4. The van der Waals surface area contributed by atoms with Crippen molar-refractivity contribution in [3.63, 3.8) is 0 Å². The lowest BCUT2D eigenvalue weighted by molar-refractivity contribution is 0.512. The van der Waals surface area contributed by atoms with E-state index in [1.54, 1.807) is 12.1 Å². The fourth-order valence-corrected chi connectivity index (χ4v) is 3.04. The number of nitrogens with one attached hydrogen (secondary N) is 2. The fourth-order valence-electron chi connectivity index (χ4n) is 3.04. The predicted molar refractivity (Wildman–Crippen MR) is 97.3 cm³/mol.